The monoisotopic (exact) mass is 348 g/mol. The van der Waals surface area contributed by atoms with Crippen LogP contribution in [0.15, 0.2) is 18.2 Å². The van der Waals surface area contributed by atoms with Gasteiger partial charge >= 0.3 is 0 Å². The van der Waals surface area contributed by atoms with E-state index in [1.54, 1.807) is 6.07 Å². The molecule has 7 heteroatoms. The molecule has 1 amide bonds. The molecule has 0 fully saturated rings. The largest absolute Gasteiger partial charge is 0.296 e. The third kappa shape index (κ3) is 2.96. The summed E-state index contributed by atoms with van der Waals surface area (Å²) in [6.45, 7) is 7.92. The molecule has 3 aromatic rings. The van der Waals surface area contributed by atoms with Gasteiger partial charge in [-0.1, -0.05) is 22.9 Å². The number of benzene rings is 1. The second-order valence-corrected chi connectivity index (χ2v) is 7.14. The van der Waals surface area contributed by atoms with Crippen molar-refractivity contribution in [2.24, 2.45) is 0 Å². The molecule has 0 unspecified atom stereocenters. The van der Waals surface area contributed by atoms with Gasteiger partial charge in [0.1, 0.15) is 0 Å². The molecule has 0 saturated carbocycles. The van der Waals surface area contributed by atoms with Crippen molar-refractivity contribution in [2.45, 2.75) is 33.7 Å². The third-order valence-electron chi connectivity index (χ3n) is 3.61. The van der Waals surface area contributed by atoms with Gasteiger partial charge in [-0.25, -0.2) is 4.98 Å². The zero-order chi connectivity index (χ0) is 16.7. The highest BCUT2D eigenvalue weighted by Gasteiger charge is 2.16. The number of thiazole rings is 1. The van der Waals surface area contributed by atoms with E-state index < -0.39 is 0 Å². The van der Waals surface area contributed by atoms with Crippen LogP contribution in [-0.2, 0) is 0 Å². The SMILES string of the molecule is Cc1c(Cl)ccc2sc(NC(=O)c3cc(C)n(C(C)C)n3)nc12. The van der Waals surface area contributed by atoms with Crippen molar-refractivity contribution in [1.82, 2.24) is 14.8 Å². The number of aromatic nitrogens is 3. The van der Waals surface area contributed by atoms with Crippen molar-refractivity contribution < 1.29 is 4.79 Å². The quantitative estimate of drug-likeness (QED) is 0.752. The Labute approximate surface area is 143 Å². The molecule has 23 heavy (non-hydrogen) atoms. The van der Waals surface area contributed by atoms with Crippen LogP contribution in [0.5, 0.6) is 0 Å². The summed E-state index contributed by atoms with van der Waals surface area (Å²) in [6.07, 6.45) is 0. The minimum absolute atomic E-state index is 0.212. The standard InChI is InChI=1S/C16H17ClN4OS/c1-8(2)21-9(3)7-12(20-21)15(22)19-16-18-14-10(4)11(17)5-6-13(14)23-16/h5-8H,1-4H3,(H,18,19,22). The summed E-state index contributed by atoms with van der Waals surface area (Å²) in [5.74, 6) is -0.254. The first kappa shape index (κ1) is 16.0. The second kappa shape index (κ2) is 5.94. The normalized spacial score (nSPS) is 11.4. The predicted molar refractivity (Wildman–Crippen MR) is 94.7 cm³/mol. The lowest BCUT2D eigenvalue weighted by Gasteiger charge is -2.06. The lowest BCUT2D eigenvalue weighted by atomic mass is 10.2. The van der Waals surface area contributed by atoms with Crippen LogP contribution in [0.4, 0.5) is 5.13 Å². The Kier molecular flexibility index (Phi) is 4.12. The minimum Gasteiger partial charge on any atom is -0.296 e. The molecule has 3 rings (SSSR count). The molecule has 0 spiro atoms. The molecule has 0 radical (unpaired) electrons. The van der Waals surface area contributed by atoms with Crippen LogP contribution in [0.1, 0.15) is 41.6 Å². The number of nitrogens with zero attached hydrogens (tertiary/aromatic N) is 3. The van der Waals surface area contributed by atoms with Gasteiger partial charge in [0.05, 0.1) is 10.2 Å². The first-order valence-electron chi connectivity index (χ1n) is 7.30. The Hall–Kier alpha value is -1.92. The number of amides is 1. The van der Waals surface area contributed by atoms with E-state index >= 15 is 0 Å². The molecule has 2 heterocycles. The van der Waals surface area contributed by atoms with Gasteiger partial charge in [-0.15, -0.1) is 0 Å². The van der Waals surface area contributed by atoms with Crippen molar-refractivity contribution in [1.29, 1.82) is 0 Å². The number of fused-ring (bicyclic) bond motifs is 1. The molecule has 0 bridgehead atoms. The number of aryl methyl sites for hydroxylation is 2. The molecule has 0 saturated heterocycles. The van der Waals surface area contributed by atoms with Crippen LogP contribution >= 0.6 is 22.9 Å². The van der Waals surface area contributed by atoms with Gasteiger partial charge in [0.15, 0.2) is 10.8 Å². The summed E-state index contributed by atoms with van der Waals surface area (Å²) < 4.78 is 2.82. The van der Waals surface area contributed by atoms with Crippen molar-refractivity contribution >= 4 is 44.2 Å². The summed E-state index contributed by atoms with van der Waals surface area (Å²) in [7, 11) is 0. The van der Waals surface area contributed by atoms with Gasteiger partial charge in [0, 0.05) is 16.8 Å². The van der Waals surface area contributed by atoms with Crippen LogP contribution in [0, 0.1) is 13.8 Å². The number of hydrogen-bond donors (Lipinski definition) is 1. The van der Waals surface area contributed by atoms with Crippen LogP contribution in [-0.4, -0.2) is 20.7 Å². The highest BCUT2D eigenvalue weighted by molar-refractivity contribution is 7.22. The molecule has 120 valence electrons. The number of carbonyl (C=O) groups is 1. The van der Waals surface area contributed by atoms with Crippen LogP contribution in [0.2, 0.25) is 5.02 Å². The highest BCUT2D eigenvalue weighted by Crippen LogP contribution is 2.31. The lowest BCUT2D eigenvalue weighted by molar-refractivity contribution is 0.102. The van der Waals surface area contributed by atoms with Crippen molar-refractivity contribution in [3.05, 3.63) is 40.2 Å². The summed E-state index contributed by atoms with van der Waals surface area (Å²) in [5, 5.41) is 8.40. The zero-order valence-electron chi connectivity index (χ0n) is 13.3. The lowest BCUT2D eigenvalue weighted by Crippen LogP contribution is -2.13. The van der Waals surface area contributed by atoms with Crippen molar-refractivity contribution in [3.8, 4) is 0 Å². The smallest absolute Gasteiger partial charge is 0.277 e. The number of halogens is 1. The van der Waals surface area contributed by atoms with E-state index in [-0.39, 0.29) is 11.9 Å². The Bertz CT molecular complexity index is 897. The minimum atomic E-state index is -0.254. The summed E-state index contributed by atoms with van der Waals surface area (Å²) >= 11 is 7.54. The molecule has 2 aromatic heterocycles. The molecule has 0 aliphatic heterocycles. The predicted octanol–water partition coefficient (Wildman–Crippen LogP) is 4.60. The molecular formula is C16H17ClN4OS. The fraction of sp³-hybridized carbons (Fsp3) is 0.312. The van der Waals surface area contributed by atoms with E-state index in [4.69, 9.17) is 11.6 Å². The van der Waals surface area contributed by atoms with Gasteiger partial charge in [-0.3, -0.25) is 14.8 Å². The molecule has 0 aliphatic rings. The number of carbonyl (C=O) groups excluding carboxylic acids is 1. The maximum Gasteiger partial charge on any atom is 0.277 e. The summed E-state index contributed by atoms with van der Waals surface area (Å²) in [5.41, 5.74) is 3.09. The highest BCUT2D eigenvalue weighted by atomic mass is 35.5. The first-order chi connectivity index (χ1) is 10.9. The van der Waals surface area contributed by atoms with E-state index in [0.29, 0.717) is 15.8 Å². The number of rotatable bonds is 3. The Balaban J connectivity index is 1.88. The molecule has 0 atom stereocenters. The average Bonchev–Trinajstić information content (AvgIpc) is 3.07. The van der Waals surface area contributed by atoms with E-state index in [2.05, 4.69) is 15.4 Å². The summed E-state index contributed by atoms with van der Waals surface area (Å²) in [4.78, 5) is 16.9. The fourth-order valence-electron chi connectivity index (χ4n) is 2.44. The number of nitrogens with one attached hydrogen (secondary N) is 1. The molecule has 5 nitrogen and oxygen atoms in total. The molecule has 1 aromatic carbocycles. The second-order valence-electron chi connectivity index (χ2n) is 5.70. The summed E-state index contributed by atoms with van der Waals surface area (Å²) in [6, 6.07) is 5.75. The van der Waals surface area contributed by atoms with Crippen LogP contribution in [0.3, 0.4) is 0 Å². The third-order valence-corrected chi connectivity index (χ3v) is 4.96. The fourth-order valence-corrected chi connectivity index (χ4v) is 3.51. The molecule has 0 aliphatic carbocycles. The molecular weight excluding hydrogens is 332 g/mol. The number of anilines is 1. The maximum absolute atomic E-state index is 12.4. The Morgan fingerprint density at radius 1 is 1.35 bits per heavy atom. The Morgan fingerprint density at radius 3 is 2.74 bits per heavy atom. The van der Waals surface area contributed by atoms with Gasteiger partial charge in [0.25, 0.3) is 5.91 Å². The van der Waals surface area contributed by atoms with Crippen LogP contribution < -0.4 is 5.32 Å². The van der Waals surface area contributed by atoms with Gasteiger partial charge in [-0.2, -0.15) is 5.10 Å². The van der Waals surface area contributed by atoms with E-state index in [1.165, 1.54) is 11.3 Å². The van der Waals surface area contributed by atoms with E-state index in [0.717, 1.165) is 21.5 Å². The average molecular weight is 349 g/mol. The maximum atomic E-state index is 12.4. The van der Waals surface area contributed by atoms with Crippen LogP contribution in [0.25, 0.3) is 10.2 Å². The van der Waals surface area contributed by atoms with Crippen molar-refractivity contribution in [2.75, 3.05) is 5.32 Å². The first-order valence-corrected chi connectivity index (χ1v) is 8.49. The number of hydrogen-bond acceptors (Lipinski definition) is 4. The Morgan fingerprint density at radius 2 is 2.09 bits per heavy atom. The van der Waals surface area contributed by atoms with Gasteiger partial charge in [0.2, 0.25) is 0 Å². The topological polar surface area (TPSA) is 59.8 Å². The van der Waals surface area contributed by atoms with E-state index in [1.807, 2.05) is 44.5 Å². The van der Waals surface area contributed by atoms with E-state index in [9.17, 15) is 4.79 Å². The van der Waals surface area contributed by atoms with Gasteiger partial charge < -0.3 is 0 Å². The van der Waals surface area contributed by atoms with Gasteiger partial charge in [-0.05, 0) is 51.5 Å². The molecule has 1 N–H and O–H groups in total. The van der Waals surface area contributed by atoms with Crippen molar-refractivity contribution in [3.63, 3.8) is 0 Å². The zero-order valence-corrected chi connectivity index (χ0v) is 14.9.